The highest BCUT2D eigenvalue weighted by atomic mass is 35.5. The molecular weight excluding hydrogens is 298 g/mol. The summed E-state index contributed by atoms with van der Waals surface area (Å²) >= 11 is 11.1. The maximum absolute atomic E-state index is 13.2. The van der Waals surface area contributed by atoms with Crippen LogP contribution in [-0.2, 0) is 4.79 Å². The number of carboxylic acids is 1. The summed E-state index contributed by atoms with van der Waals surface area (Å²) in [4.78, 5) is 26.1. The summed E-state index contributed by atoms with van der Waals surface area (Å²) in [5, 5.41) is 10.6. The summed E-state index contributed by atoms with van der Waals surface area (Å²) in [7, 11) is 0. The Morgan fingerprint density at radius 2 is 2.00 bits per heavy atom. The van der Waals surface area contributed by atoms with Gasteiger partial charge in [-0.15, -0.1) is 0 Å². The van der Waals surface area contributed by atoms with E-state index in [9.17, 15) is 14.0 Å². The lowest BCUT2D eigenvalue weighted by atomic mass is 9.94. The van der Waals surface area contributed by atoms with Crippen LogP contribution in [0.3, 0.4) is 0 Å². The molecule has 1 aromatic heterocycles. The second kappa shape index (κ2) is 5.71. The van der Waals surface area contributed by atoms with Crippen molar-refractivity contribution in [3.63, 3.8) is 0 Å². The van der Waals surface area contributed by atoms with Crippen molar-refractivity contribution in [2.24, 2.45) is 5.41 Å². The zero-order valence-electron chi connectivity index (χ0n) is 10.1. The van der Waals surface area contributed by atoms with Gasteiger partial charge >= 0.3 is 5.97 Å². The molecule has 104 valence electrons. The first-order valence-electron chi connectivity index (χ1n) is 5.18. The molecule has 0 aromatic carbocycles. The average Bonchev–Trinajstić information content (AvgIpc) is 2.30. The molecule has 0 saturated carbocycles. The van der Waals surface area contributed by atoms with Crippen LogP contribution in [0.1, 0.15) is 24.2 Å². The van der Waals surface area contributed by atoms with Gasteiger partial charge in [-0.1, -0.05) is 23.2 Å². The summed E-state index contributed by atoms with van der Waals surface area (Å²) in [6.45, 7) is 2.75. The molecule has 2 N–H and O–H groups in total. The van der Waals surface area contributed by atoms with Crippen molar-refractivity contribution in [3.8, 4) is 0 Å². The average molecular weight is 309 g/mol. The van der Waals surface area contributed by atoms with Gasteiger partial charge in [-0.2, -0.15) is 0 Å². The van der Waals surface area contributed by atoms with Gasteiger partial charge in [0, 0.05) is 6.54 Å². The number of nitrogens with zero attached hydrogens (tertiary/aromatic N) is 1. The summed E-state index contributed by atoms with van der Waals surface area (Å²) in [6.07, 6.45) is 0. The predicted octanol–water partition coefficient (Wildman–Crippen LogP) is 2.37. The van der Waals surface area contributed by atoms with E-state index >= 15 is 0 Å². The molecule has 0 bridgehead atoms. The lowest BCUT2D eigenvalue weighted by molar-refractivity contribution is -0.146. The Morgan fingerprint density at radius 1 is 1.42 bits per heavy atom. The van der Waals surface area contributed by atoms with E-state index in [1.165, 1.54) is 13.8 Å². The molecule has 1 amide bonds. The van der Waals surface area contributed by atoms with Crippen LogP contribution in [-0.4, -0.2) is 28.5 Å². The zero-order valence-corrected chi connectivity index (χ0v) is 11.6. The van der Waals surface area contributed by atoms with Gasteiger partial charge in [-0.05, 0) is 19.9 Å². The van der Waals surface area contributed by atoms with Crippen molar-refractivity contribution >= 4 is 35.1 Å². The molecule has 0 spiro atoms. The maximum atomic E-state index is 13.2. The van der Waals surface area contributed by atoms with E-state index in [1.54, 1.807) is 0 Å². The number of amides is 1. The fourth-order valence-corrected chi connectivity index (χ4v) is 1.48. The number of hydrogen-bond acceptors (Lipinski definition) is 3. The van der Waals surface area contributed by atoms with E-state index in [4.69, 9.17) is 28.3 Å². The lowest BCUT2D eigenvalue weighted by Gasteiger charge is -2.19. The monoisotopic (exact) mass is 308 g/mol. The summed E-state index contributed by atoms with van der Waals surface area (Å²) in [6, 6.07) is 0.848. The quantitative estimate of drug-likeness (QED) is 0.837. The standard InChI is InChI=1S/C11H11Cl2FN2O3/c1-11(2,10(18)19)4-15-9(17)5-3-6(14)8(13)16-7(5)12/h3H,4H2,1-2H3,(H,15,17)(H,18,19). The summed E-state index contributed by atoms with van der Waals surface area (Å²) in [5.74, 6) is -2.67. The van der Waals surface area contributed by atoms with Crippen LogP contribution < -0.4 is 5.32 Å². The first-order valence-corrected chi connectivity index (χ1v) is 5.94. The Kier molecular flexibility index (Phi) is 4.70. The van der Waals surface area contributed by atoms with Gasteiger partial charge in [0.2, 0.25) is 0 Å². The Bertz CT molecular complexity index is 535. The molecule has 0 aliphatic carbocycles. The van der Waals surface area contributed by atoms with E-state index in [0.29, 0.717) is 0 Å². The van der Waals surface area contributed by atoms with Crippen molar-refractivity contribution in [3.05, 3.63) is 27.8 Å². The largest absolute Gasteiger partial charge is 0.481 e. The van der Waals surface area contributed by atoms with Crippen LogP contribution >= 0.6 is 23.2 Å². The molecule has 1 heterocycles. The Morgan fingerprint density at radius 3 is 2.53 bits per heavy atom. The molecule has 1 rings (SSSR count). The zero-order chi connectivity index (χ0) is 14.8. The second-order valence-electron chi connectivity index (χ2n) is 4.47. The Balaban J connectivity index is 2.86. The highest BCUT2D eigenvalue weighted by molar-refractivity contribution is 6.34. The molecule has 0 fully saturated rings. The predicted molar refractivity (Wildman–Crippen MR) is 68.0 cm³/mol. The molecule has 8 heteroatoms. The first-order chi connectivity index (χ1) is 8.65. The number of pyridine rings is 1. The van der Waals surface area contributed by atoms with E-state index in [2.05, 4.69) is 10.3 Å². The SMILES string of the molecule is CC(C)(CNC(=O)c1cc(F)c(Cl)nc1Cl)C(=O)O. The Hall–Kier alpha value is -1.40. The van der Waals surface area contributed by atoms with Crippen molar-refractivity contribution in [1.29, 1.82) is 0 Å². The third-order valence-electron chi connectivity index (χ3n) is 2.40. The van der Waals surface area contributed by atoms with Gasteiger partial charge in [0.15, 0.2) is 11.0 Å². The van der Waals surface area contributed by atoms with E-state index in [-0.39, 0.29) is 17.3 Å². The van der Waals surface area contributed by atoms with Crippen LogP contribution in [0.15, 0.2) is 6.07 Å². The molecule has 0 saturated heterocycles. The molecule has 0 radical (unpaired) electrons. The third-order valence-corrected chi connectivity index (χ3v) is 2.95. The normalized spacial score (nSPS) is 11.2. The molecule has 0 aliphatic rings. The van der Waals surface area contributed by atoms with Crippen LogP contribution in [0.4, 0.5) is 4.39 Å². The van der Waals surface area contributed by atoms with Gasteiger partial charge in [0.25, 0.3) is 5.91 Å². The van der Waals surface area contributed by atoms with Crippen LogP contribution in [0.5, 0.6) is 0 Å². The molecule has 0 unspecified atom stereocenters. The number of carbonyl (C=O) groups is 2. The highest BCUT2D eigenvalue weighted by Gasteiger charge is 2.28. The molecule has 0 aliphatic heterocycles. The molecule has 0 atom stereocenters. The number of nitrogens with one attached hydrogen (secondary N) is 1. The lowest BCUT2D eigenvalue weighted by Crippen LogP contribution is -2.39. The number of aliphatic carboxylic acids is 1. The second-order valence-corrected chi connectivity index (χ2v) is 5.19. The minimum atomic E-state index is -1.15. The highest BCUT2D eigenvalue weighted by Crippen LogP contribution is 2.20. The van der Waals surface area contributed by atoms with Gasteiger partial charge in [-0.25, -0.2) is 9.37 Å². The van der Waals surface area contributed by atoms with E-state index in [0.717, 1.165) is 6.07 Å². The molecule has 19 heavy (non-hydrogen) atoms. The van der Waals surface area contributed by atoms with Gasteiger partial charge in [0.1, 0.15) is 5.15 Å². The fourth-order valence-electron chi connectivity index (χ4n) is 1.08. The van der Waals surface area contributed by atoms with Crippen molar-refractivity contribution < 1.29 is 19.1 Å². The Labute approximate surface area is 118 Å². The fraction of sp³-hybridized carbons (Fsp3) is 0.364. The first kappa shape index (κ1) is 15.7. The van der Waals surface area contributed by atoms with Crippen molar-refractivity contribution in [1.82, 2.24) is 10.3 Å². The summed E-state index contributed by atoms with van der Waals surface area (Å²) < 4.78 is 13.2. The maximum Gasteiger partial charge on any atom is 0.310 e. The molecule has 1 aromatic rings. The number of rotatable bonds is 4. The van der Waals surface area contributed by atoms with Crippen LogP contribution in [0.25, 0.3) is 0 Å². The van der Waals surface area contributed by atoms with Gasteiger partial charge in [-0.3, -0.25) is 9.59 Å². The van der Waals surface area contributed by atoms with Crippen LogP contribution in [0, 0.1) is 11.2 Å². The number of aromatic nitrogens is 1. The molecule has 5 nitrogen and oxygen atoms in total. The molecular formula is C11H11Cl2FN2O3. The van der Waals surface area contributed by atoms with Gasteiger partial charge < -0.3 is 10.4 Å². The van der Waals surface area contributed by atoms with E-state index < -0.39 is 28.3 Å². The number of carboxylic acid groups (broad SMARTS) is 1. The van der Waals surface area contributed by atoms with Crippen molar-refractivity contribution in [2.75, 3.05) is 6.54 Å². The topological polar surface area (TPSA) is 79.3 Å². The number of carbonyl (C=O) groups excluding carboxylic acids is 1. The van der Waals surface area contributed by atoms with Crippen LogP contribution in [0.2, 0.25) is 10.3 Å². The minimum absolute atomic E-state index is 0.137. The smallest absolute Gasteiger partial charge is 0.310 e. The van der Waals surface area contributed by atoms with Gasteiger partial charge in [0.05, 0.1) is 11.0 Å². The number of halogens is 3. The number of hydrogen-bond donors (Lipinski definition) is 2. The minimum Gasteiger partial charge on any atom is -0.481 e. The van der Waals surface area contributed by atoms with E-state index in [1.807, 2.05) is 0 Å². The van der Waals surface area contributed by atoms with Crippen molar-refractivity contribution in [2.45, 2.75) is 13.8 Å². The summed E-state index contributed by atoms with van der Waals surface area (Å²) in [5.41, 5.74) is -1.36. The third kappa shape index (κ3) is 3.78.